The SMILES string of the molecule is N#Cc1ccc(N2CCN(C(=O)NC3CCC(C(=O)O)CC3)CC2)nc1. The summed E-state index contributed by atoms with van der Waals surface area (Å²) in [6.07, 6.45) is 4.24. The Labute approximate surface area is 152 Å². The molecule has 1 saturated carbocycles. The first-order valence-corrected chi connectivity index (χ1v) is 8.96. The number of piperazine rings is 1. The quantitative estimate of drug-likeness (QED) is 0.847. The number of aliphatic carboxylic acids is 1. The molecule has 2 aliphatic rings. The van der Waals surface area contributed by atoms with Gasteiger partial charge in [0.05, 0.1) is 11.5 Å². The highest BCUT2D eigenvalue weighted by Crippen LogP contribution is 2.24. The zero-order valence-corrected chi connectivity index (χ0v) is 14.6. The normalized spacial score (nSPS) is 23.2. The molecule has 2 heterocycles. The lowest BCUT2D eigenvalue weighted by molar-refractivity contribution is -0.142. The molecule has 2 N–H and O–H groups in total. The summed E-state index contributed by atoms with van der Waals surface area (Å²) in [6.45, 7) is 2.60. The third-order valence-electron chi connectivity index (χ3n) is 5.17. The lowest BCUT2D eigenvalue weighted by atomic mass is 9.86. The average molecular weight is 357 g/mol. The van der Waals surface area contributed by atoms with Gasteiger partial charge in [0.2, 0.25) is 0 Å². The van der Waals surface area contributed by atoms with Gasteiger partial charge in [-0.15, -0.1) is 0 Å². The van der Waals surface area contributed by atoms with E-state index in [2.05, 4.69) is 21.3 Å². The van der Waals surface area contributed by atoms with Gasteiger partial charge >= 0.3 is 12.0 Å². The molecule has 1 saturated heterocycles. The van der Waals surface area contributed by atoms with Crippen LogP contribution < -0.4 is 10.2 Å². The zero-order chi connectivity index (χ0) is 18.5. The van der Waals surface area contributed by atoms with Crippen molar-refractivity contribution < 1.29 is 14.7 Å². The number of rotatable bonds is 3. The topological polar surface area (TPSA) is 110 Å². The van der Waals surface area contributed by atoms with Gasteiger partial charge < -0.3 is 20.2 Å². The molecule has 8 heteroatoms. The Balaban J connectivity index is 1.45. The van der Waals surface area contributed by atoms with Gasteiger partial charge in [-0.05, 0) is 37.8 Å². The van der Waals surface area contributed by atoms with Crippen molar-refractivity contribution in [1.29, 1.82) is 5.26 Å². The van der Waals surface area contributed by atoms with Gasteiger partial charge in [-0.25, -0.2) is 9.78 Å². The first-order valence-electron chi connectivity index (χ1n) is 8.96. The number of nitriles is 1. The fourth-order valence-electron chi connectivity index (χ4n) is 3.53. The van der Waals surface area contributed by atoms with E-state index in [0.717, 1.165) is 18.7 Å². The Morgan fingerprint density at radius 2 is 1.85 bits per heavy atom. The van der Waals surface area contributed by atoms with Gasteiger partial charge in [-0.3, -0.25) is 4.79 Å². The van der Waals surface area contributed by atoms with Crippen LogP contribution >= 0.6 is 0 Å². The second-order valence-corrected chi connectivity index (χ2v) is 6.83. The highest BCUT2D eigenvalue weighted by atomic mass is 16.4. The number of carbonyl (C=O) groups is 2. The van der Waals surface area contributed by atoms with Crippen LogP contribution in [0.25, 0.3) is 0 Å². The van der Waals surface area contributed by atoms with E-state index in [1.54, 1.807) is 17.2 Å². The van der Waals surface area contributed by atoms with Gasteiger partial charge in [0.25, 0.3) is 0 Å². The van der Waals surface area contributed by atoms with Crippen molar-refractivity contribution in [3.63, 3.8) is 0 Å². The van der Waals surface area contributed by atoms with Crippen molar-refractivity contribution in [2.24, 2.45) is 5.92 Å². The Kier molecular flexibility index (Phi) is 5.56. The molecule has 0 atom stereocenters. The van der Waals surface area contributed by atoms with E-state index < -0.39 is 5.97 Å². The van der Waals surface area contributed by atoms with Crippen molar-refractivity contribution in [2.45, 2.75) is 31.7 Å². The largest absolute Gasteiger partial charge is 0.481 e. The average Bonchev–Trinajstić information content (AvgIpc) is 2.68. The highest BCUT2D eigenvalue weighted by molar-refractivity contribution is 5.75. The number of aromatic nitrogens is 1. The number of hydrogen-bond donors (Lipinski definition) is 2. The van der Waals surface area contributed by atoms with E-state index in [0.29, 0.717) is 44.6 Å². The van der Waals surface area contributed by atoms with Crippen LogP contribution in [0.3, 0.4) is 0 Å². The fourth-order valence-corrected chi connectivity index (χ4v) is 3.53. The number of carbonyl (C=O) groups excluding carboxylic acids is 1. The van der Waals surface area contributed by atoms with Crippen molar-refractivity contribution in [3.8, 4) is 6.07 Å². The van der Waals surface area contributed by atoms with Crippen molar-refractivity contribution in [2.75, 3.05) is 31.1 Å². The molecule has 3 rings (SSSR count). The molecule has 2 amide bonds. The molecule has 1 aromatic heterocycles. The zero-order valence-electron chi connectivity index (χ0n) is 14.6. The summed E-state index contributed by atoms with van der Waals surface area (Å²) < 4.78 is 0. The van der Waals surface area contributed by atoms with Gasteiger partial charge in [0, 0.05) is 38.4 Å². The second kappa shape index (κ2) is 8.04. The molecular formula is C18H23N5O3. The van der Waals surface area contributed by atoms with Crippen molar-refractivity contribution >= 4 is 17.8 Å². The van der Waals surface area contributed by atoms with Crippen LogP contribution in [0, 0.1) is 17.2 Å². The van der Waals surface area contributed by atoms with Crippen molar-refractivity contribution in [1.82, 2.24) is 15.2 Å². The first kappa shape index (κ1) is 18.0. The maximum absolute atomic E-state index is 12.4. The molecule has 0 unspecified atom stereocenters. The summed E-state index contributed by atoms with van der Waals surface area (Å²) in [5.74, 6) is -0.190. The minimum atomic E-state index is -0.734. The number of pyridine rings is 1. The number of carboxylic acids is 1. The van der Waals surface area contributed by atoms with Crippen LogP contribution in [0.2, 0.25) is 0 Å². The van der Waals surface area contributed by atoms with E-state index in [-0.39, 0.29) is 18.0 Å². The smallest absolute Gasteiger partial charge is 0.317 e. The lowest BCUT2D eigenvalue weighted by Crippen LogP contribution is -2.54. The van der Waals surface area contributed by atoms with Gasteiger partial charge in [-0.2, -0.15) is 5.26 Å². The maximum Gasteiger partial charge on any atom is 0.317 e. The van der Waals surface area contributed by atoms with Gasteiger partial charge in [0.1, 0.15) is 11.9 Å². The molecule has 1 aromatic rings. The second-order valence-electron chi connectivity index (χ2n) is 6.83. The standard InChI is InChI=1S/C18H23N5O3/c19-11-13-1-6-16(20-12-13)22-7-9-23(10-8-22)18(26)21-15-4-2-14(3-5-15)17(24)25/h1,6,12,14-15H,2-5,7-10H2,(H,21,26)(H,24,25). The fraction of sp³-hybridized carbons (Fsp3) is 0.556. The highest BCUT2D eigenvalue weighted by Gasteiger charge is 2.28. The van der Waals surface area contributed by atoms with Crippen LogP contribution in [-0.2, 0) is 4.79 Å². The number of nitrogens with one attached hydrogen (secondary N) is 1. The maximum atomic E-state index is 12.4. The number of anilines is 1. The number of nitrogens with zero attached hydrogens (tertiary/aromatic N) is 4. The van der Waals surface area contributed by atoms with Gasteiger partial charge in [-0.1, -0.05) is 0 Å². The summed E-state index contributed by atoms with van der Waals surface area (Å²) in [7, 11) is 0. The van der Waals surface area contributed by atoms with Crippen LogP contribution in [-0.4, -0.2) is 59.2 Å². The summed E-state index contributed by atoms with van der Waals surface area (Å²) in [4.78, 5) is 31.6. The molecule has 1 aliphatic heterocycles. The van der Waals surface area contributed by atoms with E-state index >= 15 is 0 Å². The van der Waals surface area contributed by atoms with E-state index in [4.69, 9.17) is 10.4 Å². The summed E-state index contributed by atoms with van der Waals surface area (Å²) in [5.41, 5.74) is 0.532. The Bertz CT molecular complexity index is 684. The van der Waals surface area contributed by atoms with E-state index in [1.165, 1.54) is 0 Å². The molecule has 138 valence electrons. The lowest BCUT2D eigenvalue weighted by Gasteiger charge is -2.36. The molecule has 0 radical (unpaired) electrons. The third-order valence-corrected chi connectivity index (χ3v) is 5.17. The molecular weight excluding hydrogens is 334 g/mol. The number of hydrogen-bond acceptors (Lipinski definition) is 5. The Morgan fingerprint density at radius 3 is 2.38 bits per heavy atom. The summed E-state index contributed by atoms with van der Waals surface area (Å²) >= 11 is 0. The van der Waals surface area contributed by atoms with Crippen molar-refractivity contribution in [3.05, 3.63) is 23.9 Å². The molecule has 0 spiro atoms. The van der Waals surface area contributed by atoms with Gasteiger partial charge in [0.15, 0.2) is 0 Å². The van der Waals surface area contributed by atoms with Crippen LogP contribution in [0.1, 0.15) is 31.2 Å². The number of urea groups is 1. The monoisotopic (exact) mass is 357 g/mol. The van der Waals surface area contributed by atoms with Crippen LogP contribution in [0.15, 0.2) is 18.3 Å². The first-order chi connectivity index (χ1) is 12.6. The summed E-state index contributed by atoms with van der Waals surface area (Å²) in [6, 6.07) is 5.62. The molecule has 0 bridgehead atoms. The predicted octanol–water partition coefficient (Wildman–Crippen LogP) is 1.43. The third kappa shape index (κ3) is 4.23. The van der Waals surface area contributed by atoms with Crippen LogP contribution in [0.5, 0.6) is 0 Å². The molecule has 8 nitrogen and oxygen atoms in total. The molecule has 0 aromatic carbocycles. The van der Waals surface area contributed by atoms with Crippen LogP contribution in [0.4, 0.5) is 10.6 Å². The minimum Gasteiger partial charge on any atom is -0.481 e. The summed E-state index contributed by atoms with van der Waals surface area (Å²) in [5, 5.41) is 20.9. The van der Waals surface area contributed by atoms with E-state index in [9.17, 15) is 9.59 Å². The number of amides is 2. The molecule has 1 aliphatic carbocycles. The predicted molar refractivity (Wildman–Crippen MR) is 94.7 cm³/mol. The molecule has 2 fully saturated rings. The number of carboxylic acid groups (broad SMARTS) is 1. The van der Waals surface area contributed by atoms with E-state index in [1.807, 2.05) is 6.07 Å². The Morgan fingerprint density at radius 1 is 1.15 bits per heavy atom. The molecule has 26 heavy (non-hydrogen) atoms. The Hall–Kier alpha value is -2.82. The minimum absolute atomic E-state index is 0.0660.